The van der Waals surface area contributed by atoms with Crippen LogP contribution in [0.1, 0.15) is 30.4 Å². The Hall–Kier alpha value is -2.37. The number of nitrogens with one attached hydrogen (secondary N) is 1. The van der Waals surface area contributed by atoms with Crippen molar-refractivity contribution in [2.24, 2.45) is 11.8 Å². The van der Waals surface area contributed by atoms with Crippen LogP contribution in [0.4, 0.5) is 0 Å². The van der Waals surface area contributed by atoms with Crippen LogP contribution in [0.3, 0.4) is 0 Å². The highest BCUT2D eigenvalue weighted by atomic mass is 16.4. The second-order valence-electron chi connectivity index (χ2n) is 6.19. The molecular weight excluding hydrogens is 296 g/mol. The summed E-state index contributed by atoms with van der Waals surface area (Å²) in [5, 5.41) is 11.7. The number of rotatable bonds is 6. The van der Waals surface area contributed by atoms with E-state index in [0.29, 0.717) is 25.9 Å². The fraction of sp³-hybridized carbons (Fsp3) is 0.471. The number of carboxylic acids is 1. The molecule has 2 atom stereocenters. The predicted octanol–water partition coefficient (Wildman–Crippen LogP) is 1.15. The summed E-state index contributed by atoms with van der Waals surface area (Å²) < 4.78 is 0. The number of aliphatic carboxylic acids is 1. The van der Waals surface area contributed by atoms with Gasteiger partial charge >= 0.3 is 5.97 Å². The van der Waals surface area contributed by atoms with Gasteiger partial charge in [-0.15, -0.1) is 0 Å². The molecule has 0 aromatic heterocycles. The lowest BCUT2D eigenvalue weighted by atomic mass is 10.1. The molecule has 6 nitrogen and oxygen atoms in total. The number of carboxylic acid groups (broad SMARTS) is 1. The number of carbonyl (C=O) groups is 3. The molecule has 6 heteroatoms. The standard InChI is InChI=1S/C17H20N2O4/c20-15-6-3-7-19(15)10-12-5-2-1-4-11(12)9-18-16(21)13-8-14(13)17(22)23/h1-2,4-5,13-14H,3,6-10H2,(H,18,21)(H,22,23)/t13-,14-/m0/s1. The molecule has 1 saturated carbocycles. The summed E-state index contributed by atoms with van der Waals surface area (Å²) in [5.74, 6) is -1.87. The van der Waals surface area contributed by atoms with Crippen molar-refractivity contribution in [1.82, 2.24) is 10.2 Å². The highest BCUT2D eigenvalue weighted by molar-refractivity contribution is 5.89. The number of hydrogen-bond acceptors (Lipinski definition) is 3. The highest BCUT2D eigenvalue weighted by Gasteiger charge is 2.48. The number of likely N-dealkylation sites (tertiary alicyclic amines) is 1. The van der Waals surface area contributed by atoms with Crippen LogP contribution in [0.2, 0.25) is 0 Å². The van der Waals surface area contributed by atoms with Crippen molar-refractivity contribution in [2.75, 3.05) is 6.54 Å². The average Bonchev–Trinajstić information content (AvgIpc) is 3.25. The molecule has 2 aliphatic rings. The van der Waals surface area contributed by atoms with Crippen molar-refractivity contribution < 1.29 is 19.5 Å². The van der Waals surface area contributed by atoms with E-state index in [1.165, 1.54) is 0 Å². The Bertz CT molecular complexity index is 643. The van der Waals surface area contributed by atoms with Crippen LogP contribution < -0.4 is 5.32 Å². The van der Waals surface area contributed by atoms with Gasteiger partial charge in [-0.1, -0.05) is 24.3 Å². The third-order valence-corrected chi connectivity index (χ3v) is 4.55. The van der Waals surface area contributed by atoms with Gasteiger partial charge < -0.3 is 15.3 Å². The lowest BCUT2D eigenvalue weighted by Gasteiger charge is -2.18. The van der Waals surface area contributed by atoms with Gasteiger partial charge in [-0.3, -0.25) is 14.4 Å². The van der Waals surface area contributed by atoms with E-state index in [2.05, 4.69) is 5.32 Å². The first-order valence-corrected chi connectivity index (χ1v) is 7.91. The largest absolute Gasteiger partial charge is 0.481 e. The molecule has 1 heterocycles. The second-order valence-corrected chi connectivity index (χ2v) is 6.19. The normalized spacial score (nSPS) is 23.0. The molecule has 1 aromatic carbocycles. The molecular formula is C17H20N2O4. The first-order valence-electron chi connectivity index (χ1n) is 7.91. The zero-order valence-corrected chi connectivity index (χ0v) is 12.8. The summed E-state index contributed by atoms with van der Waals surface area (Å²) in [7, 11) is 0. The Balaban J connectivity index is 1.59. The Morgan fingerprint density at radius 1 is 1.22 bits per heavy atom. The van der Waals surface area contributed by atoms with Gasteiger partial charge in [0.1, 0.15) is 0 Å². The molecule has 1 aliphatic carbocycles. The molecule has 0 spiro atoms. The van der Waals surface area contributed by atoms with Gasteiger partial charge in [-0.2, -0.15) is 0 Å². The lowest BCUT2D eigenvalue weighted by molar-refractivity contribution is -0.140. The maximum absolute atomic E-state index is 12.0. The van der Waals surface area contributed by atoms with Crippen LogP contribution in [0.5, 0.6) is 0 Å². The number of carbonyl (C=O) groups excluding carboxylic acids is 2. The quantitative estimate of drug-likeness (QED) is 0.824. The molecule has 23 heavy (non-hydrogen) atoms. The molecule has 2 amide bonds. The average molecular weight is 316 g/mol. The van der Waals surface area contributed by atoms with Crippen molar-refractivity contribution in [3.8, 4) is 0 Å². The molecule has 0 radical (unpaired) electrons. The van der Waals surface area contributed by atoms with Crippen LogP contribution in [-0.4, -0.2) is 34.3 Å². The zero-order valence-electron chi connectivity index (χ0n) is 12.8. The molecule has 1 aromatic rings. The summed E-state index contributed by atoms with van der Waals surface area (Å²) >= 11 is 0. The van der Waals surface area contributed by atoms with Gasteiger partial charge in [-0.05, 0) is 24.0 Å². The molecule has 1 saturated heterocycles. The summed E-state index contributed by atoms with van der Waals surface area (Å²) in [6, 6.07) is 7.71. The fourth-order valence-electron chi connectivity index (χ4n) is 3.03. The van der Waals surface area contributed by atoms with Crippen LogP contribution in [0.25, 0.3) is 0 Å². The van der Waals surface area contributed by atoms with Gasteiger partial charge in [0.15, 0.2) is 0 Å². The highest BCUT2D eigenvalue weighted by Crippen LogP contribution is 2.38. The summed E-state index contributed by atoms with van der Waals surface area (Å²) in [6.45, 7) is 1.70. The number of amides is 2. The van der Waals surface area contributed by atoms with E-state index in [1.54, 1.807) is 0 Å². The Labute approximate surface area is 134 Å². The molecule has 0 bridgehead atoms. The molecule has 1 aliphatic heterocycles. The fourth-order valence-corrected chi connectivity index (χ4v) is 3.03. The predicted molar refractivity (Wildman–Crippen MR) is 82.2 cm³/mol. The van der Waals surface area contributed by atoms with E-state index in [1.807, 2.05) is 29.2 Å². The third-order valence-electron chi connectivity index (χ3n) is 4.55. The Morgan fingerprint density at radius 3 is 2.57 bits per heavy atom. The smallest absolute Gasteiger partial charge is 0.307 e. The van der Waals surface area contributed by atoms with Crippen molar-refractivity contribution in [3.05, 3.63) is 35.4 Å². The molecule has 2 fully saturated rings. The van der Waals surface area contributed by atoms with Crippen LogP contribution in [0.15, 0.2) is 24.3 Å². The minimum Gasteiger partial charge on any atom is -0.481 e. The summed E-state index contributed by atoms with van der Waals surface area (Å²) in [6.07, 6.45) is 1.93. The first-order chi connectivity index (χ1) is 11.1. The summed E-state index contributed by atoms with van der Waals surface area (Å²) in [4.78, 5) is 36.4. The molecule has 2 N–H and O–H groups in total. The zero-order chi connectivity index (χ0) is 16.4. The van der Waals surface area contributed by atoms with Crippen molar-refractivity contribution in [2.45, 2.75) is 32.4 Å². The number of benzene rings is 1. The van der Waals surface area contributed by atoms with E-state index in [0.717, 1.165) is 24.1 Å². The number of hydrogen-bond donors (Lipinski definition) is 2. The maximum Gasteiger partial charge on any atom is 0.307 e. The van der Waals surface area contributed by atoms with E-state index < -0.39 is 17.8 Å². The van der Waals surface area contributed by atoms with Gasteiger partial charge in [0.25, 0.3) is 0 Å². The van der Waals surface area contributed by atoms with E-state index in [4.69, 9.17) is 5.11 Å². The monoisotopic (exact) mass is 316 g/mol. The topological polar surface area (TPSA) is 86.7 Å². The van der Waals surface area contributed by atoms with Crippen LogP contribution in [0, 0.1) is 11.8 Å². The van der Waals surface area contributed by atoms with E-state index in [9.17, 15) is 14.4 Å². The lowest BCUT2D eigenvalue weighted by Crippen LogP contribution is -2.28. The van der Waals surface area contributed by atoms with Gasteiger partial charge in [0.05, 0.1) is 11.8 Å². The SMILES string of the molecule is O=C(O)[C@H]1C[C@@H]1C(=O)NCc1ccccc1CN1CCCC1=O. The second kappa shape index (κ2) is 6.40. The maximum atomic E-state index is 12.0. The summed E-state index contributed by atoms with van der Waals surface area (Å²) in [5.41, 5.74) is 1.99. The van der Waals surface area contributed by atoms with Crippen molar-refractivity contribution in [3.63, 3.8) is 0 Å². The van der Waals surface area contributed by atoms with E-state index in [-0.39, 0.29) is 11.8 Å². The third kappa shape index (κ3) is 3.52. The van der Waals surface area contributed by atoms with Crippen LogP contribution >= 0.6 is 0 Å². The van der Waals surface area contributed by atoms with Crippen molar-refractivity contribution >= 4 is 17.8 Å². The minimum atomic E-state index is -0.905. The van der Waals surface area contributed by atoms with Gasteiger partial charge in [-0.25, -0.2) is 0 Å². The van der Waals surface area contributed by atoms with Crippen molar-refractivity contribution in [1.29, 1.82) is 0 Å². The van der Waals surface area contributed by atoms with Crippen LogP contribution in [-0.2, 0) is 27.5 Å². The Kier molecular flexibility index (Phi) is 4.32. The number of nitrogens with zero attached hydrogens (tertiary/aromatic N) is 1. The van der Waals surface area contributed by atoms with E-state index >= 15 is 0 Å². The molecule has 0 unspecified atom stereocenters. The van der Waals surface area contributed by atoms with Gasteiger partial charge in [0.2, 0.25) is 11.8 Å². The molecule has 3 rings (SSSR count). The Morgan fingerprint density at radius 2 is 1.96 bits per heavy atom. The van der Waals surface area contributed by atoms with Gasteiger partial charge in [0, 0.05) is 26.1 Å². The first kappa shape index (κ1) is 15.5. The molecule has 122 valence electrons. The minimum absolute atomic E-state index is 0.172.